The van der Waals surface area contributed by atoms with Crippen LogP contribution in [0.1, 0.15) is 12.5 Å². The number of halogens is 1. The first kappa shape index (κ1) is 18.5. The summed E-state index contributed by atoms with van der Waals surface area (Å²) < 4.78 is 13.5. The molecule has 2 aromatic carbocycles. The van der Waals surface area contributed by atoms with Gasteiger partial charge in [0.05, 0.1) is 30.9 Å². The minimum atomic E-state index is -0.211. The van der Waals surface area contributed by atoms with Gasteiger partial charge in [0.1, 0.15) is 0 Å². The molecule has 0 bridgehead atoms. The van der Waals surface area contributed by atoms with Crippen molar-refractivity contribution in [1.82, 2.24) is 4.57 Å². The highest BCUT2D eigenvalue weighted by atomic mass is 35.5. The van der Waals surface area contributed by atoms with Gasteiger partial charge in [0, 0.05) is 11.6 Å². The molecular weight excluding hydrogens is 372 g/mol. The molecule has 1 amide bonds. The Hall–Kier alpha value is -2.31. The van der Waals surface area contributed by atoms with Crippen molar-refractivity contribution in [2.24, 2.45) is 4.99 Å². The predicted molar refractivity (Wildman–Crippen MR) is 104 cm³/mol. The lowest BCUT2D eigenvalue weighted by Crippen LogP contribution is -2.16. The number of fused-ring (bicyclic) bond motifs is 1. The molecule has 0 saturated carbocycles. The van der Waals surface area contributed by atoms with Crippen molar-refractivity contribution in [2.75, 3.05) is 14.2 Å². The average Bonchev–Trinajstić information content (AvgIpc) is 2.97. The van der Waals surface area contributed by atoms with Crippen LogP contribution in [0.15, 0.2) is 41.4 Å². The standard InChI is InChI=1S/C19H19ClN2O3S/c1-4-22-14-7-6-13(20)11-17(14)26-19(22)21-18(23)10-12-5-8-15(24-2)16(9-12)25-3/h5-9,11H,4,10H2,1-3H3. The molecule has 0 aliphatic rings. The van der Waals surface area contributed by atoms with Crippen LogP contribution in [-0.4, -0.2) is 24.7 Å². The lowest BCUT2D eigenvalue weighted by Gasteiger charge is -2.08. The number of carbonyl (C=O) groups is 1. The van der Waals surface area contributed by atoms with E-state index in [-0.39, 0.29) is 12.3 Å². The summed E-state index contributed by atoms with van der Waals surface area (Å²) in [4.78, 5) is 17.5. The van der Waals surface area contributed by atoms with Crippen LogP contribution in [-0.2, 0) is 17.8 Å². The molecule has 0 aliphatic carbocycles. The number of aromatic nitrogens is 1. The van der Waals surface area contributed by atoms with Gasteiger partial charge in [0.15, 0.2) is 16.3 Å². The van der Waals surface area contributed by atoms with E-state index in [0.717, 1.165) is 22.3 Å². The van der Waals surface area contributed by atoms with Gasteiger partial charge in [-0.15, -0.1) is 0 Å². The van der Waals surface area contributed by atoms with E-state index in [1.54, 1.807) is 26.4 Å². The van der Waals surface area contributed by atoms with Crippen LogP contribution in [0.2, 0.25) is 5.02 Å². The Morgan fingerprint density at radius 1 is 1.15 bits per heavy atom. The van der Waals surface area contributed by atoms with E-state index in [0.29, 0.717) is 21.3 Å². The highest BCUT2D eigenvalue weighted by Gasteiger charge is 2.10. The van der Waals surface area contributed by atoms with Crippen LogP contribution in [0.5, 0.6) is 11.5 Å². The zero-order chi connectivity index (χ0) is 18.7. The van der Waals surface area contributed by atoms with E-state index in [9.17, 15) is 4.79 Å². The Morgan fingerprint density at radius 2 is 1.92 bits per heavy atom. The Bertz CT molecular complexity index is 1020. The van der Waals surface area contributed by atoms with E-state index in [1.165, 1.54) is 11.3 Å². The van der Waals surface area contributed by atoms with Crippen molar-refractivity contribution in [3.63, 3.8) is 0 Å². The number of thiazole rings is 1. The summed E-state index contributed by atoms with van der Waals surface area (Å²) in [6.45, 7) is 2.75. The second-order valence-electron chi connectivity index (χ2n) is 5.61. The van der Waals surface area contributed by atoms with Crippen LogP contribution in [0.3, 0.4) is 0 Å². The van der Waals surface area contributed by atoms with E-state index in [1.807, 2.05) is 35.8 Å². The maximum absolute atomic E-state index is 12.5. The van der Waals surface area contributed by atoms with Crippen molar-refractivity contribution in [2.45, 2.75) is 19.9 Å². The largest absolute Gasteiger partial charge is 0.493 e. The minimum absolute atomic E-state index is 0.194. The molecular formula is C19H19ClN2O3S. The van der Waals surface area contributed by atoms with Crippen LogP contribution < -0.4 is 14.3 Å². The fourth-order valence-corrected chi connectivity index (χ4v) is 4.14. The number of nitrogens with zero attached hydrogens (tertiary/aromatic N) is 2. The number of amides is 1. The number of ether oxygens (including phenoxy) is 2. The maximum Gasteiger partial charge on any atom is 0.252 e. The molecule has 0 unspecified atom stereocenters. The molecule has 3 aromatic rings. The topological polar surface area (TPSA) is 52.8 Å². The number of benzene rings is 2. The third kappa shape index (κ3) is 3.76. The van der Waals surface area contributed by atoms with Gasteiger partial charge in [-0.05, 0) is 42.8 Å². The van der Waals surface area contributed by atoms with Gasteiger partial charge in [-0.3, -0.25) is 4.79 Å². The van der Waals surface area contributed by atoms with Crippen LogP contribution in [0.4, 0.5) is 0 Å². The zero-order valence-electron chi connectivity index (χ0n) is 14.8. The Morgan fingerprint density at radius 3 is 2.62 bits per heavy atom. The molecule has 136 valence electrons. The van der Waals surface area contributed by atoms with Crippen molar-refractivity contribution in [3.05, 3.63) is 51.8 Å². The van der Waals surface area contributed by atoms with Crippen LogP contribution >= 0.6 is 22.9 Å². The number of rotatable bonds is 5. The van der Waals surface area contributed by atoms with Gasteiger partial charge < -0.3 is 14.0 Å². The summed E-state index contributed by atoms with van der Waals surface area (Å²) in [5.41, 5.74) is 1.85. The fraction of sp³-hybridized carbons (Fsp3) is 0.263. The summed E-state index contributed by atoms with van der Waals surface area (Å²) in [6.07, 6.45) is 0.194. The van der Waals surface area contributed by atoms with Crippen molar-refractivity contribution >= 4 is 39.1 Å². The molecule has 0 spiro atoms. The number of methoxy groups -OCH3 is 2. The van der Waals surface area contributed by atoms with Gasteiger partial charge >= 0.3 is 0 Å². The molecule has 0 saturated heterocycles. The van der Waals surface area contributed by atoms with Gasteiger partial charge in [0.2, 0.25) is 0 Å². The van der Waals surface area contributed by atoms with Crippen molar-refractivity contribution < 1.29 is 14.3 Å². The number of carbonyl (C=O) groups excluding carboxylic acids is 1. The highest BCUT2D eigenvalue weighted by Crippen LogP contribution is 2.28. The predicted octanol–water partition coefficient (Wildman–Crippen LogP) is 4.06. The third-order valence-electron chi connectivity index (χ3n) is 3.98. The normalized spacial score (nSPS) is 11.8. The fourth-order valence-electron chi connectivity index (χ4n) is 2.75. The second kappa shape index (κ2) is 7.93. The number of hydrogen-bond donors (Lipinski definition) is 0. The van der Waals surface area contributed by atoms with Gasteiger partial charge in [-0.2, -0.15) is 4.99 Å². The molecule has 5 nitrogen and oxygen atoms in total. The summed E-state index contributed by atoms with van der Waals surface area (Å²) in [5.74, 6) is 1.01. The first-order valence-corrected chi connectivity index (χ1v) is 9.32. The summed E-state index contributed by atoms with van der Waals surface area (Å²) in [7, 11) is 3.15. The number of hydrogen-bond acceptors (Lipinski definition) is 4. The average molecular weight is 391 g/mol. The van der Waals surface area contributed by atoms with Crippen LogP contribution in [0, 0.1) is 0 Å². The summed E-state index contributed by atoms with van der Waals surface area (Å²) in [6, 6.07) is 11.1. The minimum Gasteiger partial charge on any atom is -0.493 e. The molecule has 26 heavy (non-hydrogen) atoms. The van der Waals surface area contributed by atoms with E-state index in [4.69, 9.17) is 21.1 Å². The van der Waals surface area contributed by atoms with Crippen LogP contribution in [0.25, 0.3) is 10.2 Å². The highest BCUT2D eigenvalue weighted by molar-refractivity contribution is 7.16. The third-order valence-corrected chi connectivity index (χ3v) is 5.26. The smallest absolute Gasteiger partial charge is 0.252 e. The molecule has 0 N–H and O–H groups in total. The molecule has 1 heterocycles. The van der Waals surface area contributed by atoms with E-state index < -0.39 is 0 Å². The van der Waals surface area contributed by atoms with Crippen molar-refractivity contribution in [1.29, 1.82) is 0 Å². The number of aryl methyl sites for hydroxylation is 1. The van der Waals surface area contributed by atoms with E-state index in [2.05, 4.69) is 4.99 Å². The summed E-state index contributed by atoms with van der Waals surface area (Å²) >= 11 is 7.53. The van der Waals surface area contributed by atoms with Crippen molar-refractivity contribution in [3.8, 4) is 11.5 Å². The SMILES string of the molecule is CCn1c(=NC(=O)Cc2ccc(OC)c(OC)c2)sc2cc(Cl)ccc21. The molecule has 0 atom stereocenters. The zero-order valence-corrected chi connectivity index (χ0v) is 16.4. The summed E-state index contributed by atoms with van der Waals surface area (Å²) in [5, 5.41) is 0.671. The molecule has 0 fully saturated rings. The molecule has 3 rings (SSSR count). The van der Waals surface area contributed by atoms with E-state index >= 15 is 0 Å². The Labute approximate surface area is 160 Å². The van der Waals surface area contributed by atoms with Gasteiger partial charge in [-0.1, -0.05) is 29.0 Å². The Balaban J connectivity index is 1.93. The quantitative estimate of drug-likeness (QED) is 0.660. The Kier molecular flexibility index (Phi) is 5.64. The lowest BCUT2D eigenvalue weighted by molar-refractivity contribution is -0.117. The first-order chi connectivity index (χ1) is 12.5. The molecule has 1 aromatic heterocycles. The first-order valence-electron chi connectivity index (χ1n) is 8.13. The maximum atomic E-state index is 12.5. The second-order valence-corrected chi connectivity index (χ2v) is 7.06. The molecule has 0 radical (unpaired) electrons. The monoisotopic (exact) mass is 390 g/mol. The van der Waals surface area contributed by atoms with Gasteiger partial charge in [-0.25, -0.2) is 0 Å². The lowest BCUT2D eigenvalue weighted by atomic mass is 10.1. The molecule has 7 heteroatoms. The van der Waals surface area contributed by atoms with Gasteiger partial charge in [0.25, 0.3) is 5.91 Å². The molecule has 0 aliphatic heterocycles.